The molecule has 0 amide bonds. The molecule has 0 N–H and O–H groups in total. The third-order valence-corrected chi connectivity index (χ3v) is 5.03. The third-order valence-electron chi connectivity index (χ3n) is 5.03. The minimum atomic E-state index is -0.257. The molecule has 0 fully saturated rings. The van der Waals surface area contributed by atoms with E-state index in [2.05, 4.69) is 20.4 Å². The van der Waals surface area contributed by atoms with Gasteiger partial charge in [-0.05, 0) is 12.3 Å². The summed E-state index contributed by atoms with van der Waals surface area (Å²) in [4.78, 5) is 11.4. The van der Waals surface area contributed by atoms with E-state index >= 15 is 0 Å². The van der Waals surface area contributed by atoms with Crippen LogP contribution in [0, 0.1) is 5.92 Å². The van der Waals surface area contributed by atoms with Gasteiger partial charge in [0, 0.05) is 5.57 Å². The van der Waals surface area contributed by atoms with Gasteiger partial charge >= 0.3 is 5.97 Å². The fourth-order valence-corrected chi connectivity index (χ4v) is 3.15. The molecule has 2 heteroatoms. The number of unbranched alkanes of at least 4 members (excludes halogenated alkanes) is 13. The van der Waals surface area contributed by atoms with Crippen LogP contribution in [0.1, 0.15) is 110 Å². The Hall–Kier alpha value is -0.790. The maximum Gasteiger partial charge on any atom is 0.333 e. The highest BCUT2D eigenvalue weighted by atomic mass is 16.5. The second-order valence-corrected chi connectivity index (χ2v) is 7.30. The van der Waals surface area contributed by atoms with Crippen LogP contribution in [0.4, 0.5) is 0 Å². The van der Waals surface area contributed by atoms with E-state index in [1.54, 1.807) is 0 Å². The highest BCUT2D eigenvalue weighted by Gasteiger charge is 2.14. The summed E-state index contributed by atoms with van der Waals surface area (Å²) in [5.41, 5.74) is 0.618. The molecule has 0 aromatic heterocycles. The van der Waals surface area contributed by atoms with Gasteiger partial charge in [-0.15, -0.1) is 0 Å². The predicted octanol–water partition coefficient (Wildman–Crippen LogP) is 7.22. The molecule has 0 rings (SSSR count). The van der Waals surface area contributed by atoms with Gasteiger partial charge in [0.2, 0.25) is 0 Å². The van der Waals surface area contributed by atoms with Crippen molar-refractivity contribution < 1.29 is 9.53 Å². The largest absolute Gasteiger partial charge is 0.466 e. The summed E-state index contributed by atoms with van der Waals surface area (Å²) in [5.74, 6) is -0.0114. The van der Waals surface area contributed by atoms with E-state index < -0.39 is 0 Å². The lowest BCUT2D eigenvalue weighted by molar-refractivity contribution is -0.136. The van der Waals surface area contributed by atoms with Gasteiger partial charge in [0.05, 0.1) is 7.11 Å². The van der Waals surface area contributed by atoms with Gasteiger partial charge in [-0.25, -0.2) is 4.79 Å². The summed E-state index contributed by atoms with van der Waals surface area (Å²) in [6.45, 7) is 8.18. The molecule has 0 aliphatic heterocycles. The van der Waals surface area contributed by atoms with Crippen molar-refractivity contribution in [2.75, 3.05) is 7.11 Å². The first-order chi connectivity index (χ1) is 11.6. The third kappa shape index (κ3) is 13.6. The molecule has 2 nitrogen and oxygen atoms in total. The van der Waals surface area contributed by atoms with E-state index in [1.165, 1.54) is 97.0 Å². The van der Waals surface area contributed by atoms with E-state index in [-0.39, 0.29) is 11.9 Å². The van der Waals surface area contributed by atoms with Gasteiger partial charge in [0.1, 0.15) is 0 Å². The second-order valence-electron chi connectivity index (χ2n) is 7.30. The Balaban J connectivity index is 3.25. The summed E-state index contributed by atoms with van der Waals surface area (Å²) >= 11 is 0. The summed E-state index contributed by atoms with van der Waals surface area (Å²) in [7, 11) is 1.42. The molecule has 0 saturated heterocycles. The van der Waals surface area contributed by atoms with Gasteiger partial charge in [0.25, 0.3) is 0 Å². The smallest absolute Gasteiger partial charge is 0.333 e. The van der Waals surface area contributed by atoms with Crippen molar-refractivity contribution >= 4 is 5.97 Å². The average molecular weight is 339 g/mol. The zero-order valence-corrected chi connectivity index (χ0v) is 16.7. The van der Waals surface area contributed by atoms with E-state index in [0.717, 1.165) is 6.42 Å². The Morgan fingerprint density at radius 3 is 1.54 bits per heavy atom. The molecule has 142 valence electrons. The topological polar surface area (TPSA) is 26.3 Å². The Morgan fingerprint density at radius 1 is 0.792 bits per heavy atom. The lowest BCUT2D eigenvalue weighted by Gasteiger charge is -2.12. The number of esters is 1. The van der Waals surface area contributed by atoms with Crippen LogP contribution in [-0.4, -0.2) is 13.1 Å². The quantitative estimate of drug-likeness (QED) is 0.159. The zero-order valence-electron chi connectivity index (χ0n) is 16.7. The number of carbonyl (C=O) groups is 1. The fourth-order valence-electron chi connectivity index (χ4n) is 3.15. The maximum absolute atomic E-state index is 11.4. The second kappa shape index (κ2) is 17.0. The molecule has 1 atom stereocenters. The normalized spacial score (nSPS) is 12.1. The van der Waals surface area contributed by atoms with Crippen molar-refractivity contribution in [2.45, 2.75) is 110 Å². The minimum Gasteiger partial charge on any atom is -0.466 e. The van der Waals surface area contributed by atoms with Crippen LogP contribution in [0.5, 0.6) is 0 Å². The molecule has 0 saturated carbocycles. The number of methoxy groups -OCH3 is 1. The van der Waals surface area contributed by atoms with E-state index in [1.807, 2.05) is 0 Å². The molecule has 0 aromatic rings. The van der Waals surface area contributed by atoms with Crippen molar-refractivity contribution in [3.8, 4) is 0 Å². The van der Waals surface area contributed by atoms with Crippen LogP contribution in [0.2, 0.25) is 0 Å². The van der Waals surface area contributed by atoms with Crippen molar-refractivity contribution in [2.24, 2.45) is 5.92 Å². The fraction of sp³-hybridized carbons (Fsp3) is 0.864. The molecule has 0 aliphatic carbocycles. The molecule has 1 unspecified atom stereocenters. The Bertz CT molecular complexity index is 309. The molecule has 0 aromatic carbocycles. The van der Waals surface area contributed by atoms with Crippen LogP contribution in [-0.2, 0) is 9.53 Å². The number of hydrogen-bond donors (Lipinski definition) is 0. The first-order valence-electron chi connectivity index (χ1n) is 10.4. The molecule has 0 bridgehead atoms. The van der Waals surface area contributed by atoms with Crippen LogP contribution in [0.15, 0.2) is 12.2 Å². The molecular weight excluding hydrogens is 296 g/mol. The Morgan fingerprint density at radius 2 is 1.17 bits per heavy atom. The highest BCUT2D eigenvalue weighted by Crippen LogP contribution is 2.19. The Kier molecular flexibility index (Phi) is 16.5. The number of carbonyl (C=O) groups excluding carboxylic acids is 1. The maximum atomic E-state index is 11.4. The van der Waals surface area contributed by atoms with Crippen molar-refractivity contribution in [3.05, 3.63) is 12.2 Å². The minimum absolute atomic E-state index is 0.245. The SMILES string of the molecule is C=C(C(=O)OC)C(C)CCCCCCCCCCCCCCCC. The molecule has 0 aliphatic rings. The lowest BCUT2D eigenvalue weighted by atomic mass is 9.95. The van der Waals surface area contributed by atoms with E-state index in [9.17, 15) is 4.79 Å². The van der Waals surface area contributed by atoms with Gasteiger partial charge < -0.3 is 4.74 Å². The lowest BCUT2D eigenvalue weighted by Crippen LogP contribution is -2.11. The first kappa shape index (κ1) is 23.2. The van der Waals surface area contributed by atoms with Crippen LogP contribution >= 0.6 is 0 Å². The molecule has 0 heterocycles. The van der Waals surface area contributed by atoms with Crippen LogP contribution < -0.4 is 0 Å². The zero-order chi connectivity index (χ0) is 18.0. The first-order valence-corrected chi connectivity index (χ1v) is 10.4. The number of rotatable bonds is 17. The standard InChI is InChI=1S/C22H42O2/c1-5-6-7-8-9-10-11-12-13-14-15-16-17-18-19-20(2)21(3)22(23)24-4/h20H,3,5-19H2,1-2,4H3. The summed E-state index contributed by atoms with van der Waals surface area (Å²) in [6, 6.07) is 0. The summed E-state index contributed by atoms with van der Waals surface area (Å²) in [5, 5.41) is 0. The van der Waals surface area contributed by atoms with E-state index in [0.29, 0.717) is 5.57 Å². The molecular formula is C22H42O2. The molecule has 0 radical (unpaired) electrons. The van der Waals surface area contributed by atoms with Gasteiger partial charge in [-0.2, -0.15) is 0 Å². The van der Waals surface area contributed by atoms with Crippen molar-refractivity contribution in [1.29, 1.82) is 0 Å². The van der Waals surface area contributed by atoms with Gasteiger partial charge in [0.15, 0.2) is 0 Å². The predicted molar refractivity (Wildman–Crippen MR) is 105 cm³/mol. The number of ether oxygens (including phenoxy) is 1. The average Bonchev–Trinajstić information content (AvgIpc) is 2.60. The molecule has 0 spiro atoms. The molecule has 24 heavy (non-hydrogen) atoms. The monoisotopic (exact) mass is 338 g/mol. The van der Waals surface area contributed by atoms with Crippen LogP contribution in [0.25, 0.3) is 0 Å². The van der Waals surface area contributed by atoms with Crippen molar-refractivity contribution in [3.63, 3.8) is 0 Å². The van der Waals surface area contributed by atoms with Crippen LogP contribution in [0.3, 0.4) is 0 Å². The van der Waals surface area contributed by atoms with Gasteiger partial charge in [-0.1, -0.05) is 110 Å². The summed E-state index contributed by atoms with van der Waals surface area (Å²) < 4.78 is 4.72. The highest BCUT2D eigenvalue weighted by molar-refractivity contribution is 5.88. The summed E-state index contributed by atoms with van der Waals surface area (Å²) in [6.07, 6.45) is 20.4. The van der Waals surface area contributed by atoms with Gasteiger partial charge in [-0.3, -0.25) is 0 Å². The Labute approximate surface area is 151 Å². The number of hydrogen-bond acceptors (Lipinski definition) is 2. The van der Waals surface area contributed by atoms with Crippen molar-refractivity contribution in [1.82, 2.24) is 0 Å². The van der Waals surface area contributed by atoms with E-state index in [4.69, 9.17) is 4.74 Å².